The second-order valence-corrected chi connectivity index (χ2v) is 13.7. The molecule has 0 atom stereocenters. The zero-order valence-corrected chi connectivity index (χ0v) is 40.7. The van der Waals surface area contributed by atoms with Crippen LogP contribution in [0.15, 0.2) is 232 Å². The van der Waals surface area contributed by atoms with Gasteiger partial charge in [0.25, 0.3) is 0 Å². The fourth-order valence-electron chi connectivity index (χ4n) is 5.64. The number of hydrogen-bond acceptors (Lipinski definition) is 8. The molecule has 0 bridgehead atoms. The third-order valence-corrected chi connectivity index (χ3v) is 9.00. The van der Waals surface area contributed by atoms with Crippen LogP contribution >= 0.6 is 11.6 Å². The molecule has 0 aliphatic heterocycles. The van der Waals surface area contributed by atoms with Gasteiger partial charge in [0.1, 0.15) is 0 Å². The minimum atomic E-state index is -1.38. The van der Waals surface area contributed by atoms with Crippen LogP contribution in [0.2, 0.25) is 5.02 Å². The van der Waals surface area contributed by atoms with Gasteiger partial charge in [-0.3, -0.25) is 9.97 Å². The van der Waals surface area contributed by atoms with E-state index in [1.165, 1.54) is 12.4 Å². The van der Waals surface area contributed by atoms with Gasteiger partial charge in [0, 0.05) is 94.8 Å². The monoisotopic (exact) mass is 1240 g/mol. The van der Waals surface area contributed by atoms with E-state index in [4.69, 9.17) is 21.6 Å². The van der Waals surface area contributed by atoms with Crippen molar-refractivity contribution in [2.45, 2.75) is 0 Å². The minimum Gasteiger partial charge on any atom is -0.423 e. The van der Waals surface area contributed by atoms with Crippen molar-refractivity contribution in [3.63, 3.8) is 0 Å². The minimum absolute atomic E-state index is 0. The summed E-state index contributed by atoms with van der Waals surface area (Å²) in [5, 5.41) is 17.8. The van der Waals surface area contributed by atoms with E-state index >= 15 is 0 Å². The van der Waals surface area contributed by atoms with Crippen molar-refractivity contribution in [1.29, 1.82) is 0 Å². The SMILES string of the molecule is Clc1ccnc(-c2[c-]cccc2)c1.OB(O)c1ccncc1.[Ir].[Ir].[c-]1ccccc1-c1cc(-c2ccncc2)ccn1.[c-]1ccccc1-c1ccccn1.[c-]1ccccc1-c1ccccn1. The largest absolute Gasteiger partial charge is 0.488 e. The topological polar surface area (TPSA) is 118 Å². The second-order valence-electron chi connectivity index (χ2n) is 13.2. The van der Waals surface area contributed by atoms with E-state index in [1.54, 1.807) is 49.2 Å². The van der Waals surface area contributed by atoms with Gasteiger partial charge in [0.15, 0.2) is 0 Å². The molecular weight excluding hydrogens is 1200 g/mol. The van der Waals surface area contributed by atoms with Gasteiger partial charge in [0.05, 0.1) is 0 Å². The summed E-state index contributed by atoms with van der Waals surface area (Å²) in [5.41, 5.74) is 10.5. The van der Waals surface area contributed by atoms with E-state index in [9.17, 15) is 0 Å². The maximum atomic E-state index is 8.55. The quantitative estimate of drug-likeness (QED) is 0.125. The first-order valence-electron chi connectivity index (χ1n) is 20.0. The molecule has 10 rings (SSSR count). The van der Waals surface area contributed by atoms with Crippen LogP contribution in [0.5, 0.6) is 0 Å². The molecule has 330 valence electrons. The molecule has 6 aromatic heterocycles. The zero-order valence-electron chi connectivity index (χ0n) is 35.1. The predicted octanol–water partition coefficient (Wildman–Crippen LogP) is 10.7. The Morgan fingerprint density at radius 1 is 0.364 bits per heavy atom. The average Bonchev–Trinajstić information content (AvgIpc) is 3.39. The summed E-state index contributed by atoms with van der Waals surface area (Å²) >= 11 is 5.84. The first-order valence-corrected chi connectivity index (χ1v) is 20.4. The number of rotatable bonds is 6. The molecule has 0 unspecified atom stereocenters. The molecule has 12 heteroatoms. The van der Waals surface area contributed by atoms with Crippen molar-refractivity contribution in [2.24, 2.45) is 0 Å². The van der Waals surface area contributed by atoms with Gasteiger partial charge in [-0.15, -0.1) is 144 Å². The van der Waals surface area contributed by atoms with E-state index < -0.39 is 7.12 Å². The van der Waals surface area contributed by atoms with Gasteiger partial charge in [-0.2, -0.15) is 0 Å². The van der Waals surface area contributed by atoms with E-state index in [0.29, 0.717) is 10.5 Å². The first-order chi connectivity index (χ1) is 31.5. The number of hydrogen-bond donors (Lipinski definition) is 2. The van der Waals surface area contributed by atoms with Crippen molar-refractivity contribution in [3.8, 4) is 56.2 Å². The maximum Gasteiger partial charge on any atom is 0.488 e. The number of nitrogens with zero attached hydrogens (tertiary/aromatic N) is 6. The summed E-state index contributed by atoms with van der Waals surface area (Å²) in [5.74, 6) is 0. The predicted molar refractivity (Wildman–Crippen MR) is 256 cm³/mol. The van der Waals surface area contributed by atoms with Crippen molar-refractivity contribution >= 4 is 24.2 Å². The Labute approximate surface area is 418 Å². The molecule has 0 spiro atoms. The third-order valence-electron chi connectivity index (χ3n) is 8.77. The van der Waals surface area contributed by atoms with Crippen molar-refractivity contribution in [2.75, 3.05) is 0 Å². The van der Waals surface area contributed by atoms with Crippen LogP contribution in [-0.4, -0.2) is 47.1 Å². The van der Waals surface area contributed by atoms with Gasteiger partial charge in [-0.1, -0.05) is 48.0 Å². The summed E-state index contributed by atoms with van der Waals surface area (Å²) in [4.78, 5) is 24.8. The molecule has 0 aliphatic rings. The van der Waals surface area contributed by atoms with E-state index in [2.05, 4.69) is 60.2 Å². The molecular formula is C54H40BClIr2N6O2-4. The molecule has 0 fully saturated rings. The first kappa shape index (κ1) is 52.0. The number of pyridine rings is 6. The molecule has 6 heterocycles. The second kappa shape index (κ2) is 29.7. The summed E-state index contributed by atoms with van der Waals surface area (Å²) < 4.78 is 0. The van der Waals surface area contributed by atoms with Crippen LogP contribution in [0.3, 0.4) is 0 Å². The average molecular weight is 1240 g/mol. The summed E-state index contributed by atoms with van der Waals surface area (Å²) in [6.07, 6.45) is 13.7. The third kappa shape index (κ3) is 17.7. The van der Waals surface area contributed by atoms with Crippen LogP contribution in [0.1, 0.15) is 0 Å². The van der Waals surface area contributed by atoms with Crippen LogP contribution in [0, 0.1) is 24.3 Å². The van der Waals surface area contributed by atoms with Gasteiger partial charge in [-0.25, -0.2) is 0 Å². The molecule has 66 heavy (non-hydrogen) atoms. The molecule has 2 N–H and O–H groups in total. The molecule has 0 saturated carbocycles. The zero-order chi connectivity index (χ0) is 44.4. The maximum absolute atomic E-state index is 8.55. The van der Waals surface area contributed by atoms with E-state index in [-0.39, 0.29) is 40.2 Å². The molecule has 0 saturated heterocycles. The Morgan fingerprint density at radius 2 is 0.742 bits per heavy atom. The van der Waals surface area contributed by atoms with Crippen LogP contribution in [0.4, 0.5) is 0 Å². The van der Waals surface area contributed by atoms with Gasteiger partial charge in [-0.05, 0) is 87.9 Å². The van der Waals surface area contributed by atoms with Crippen LogP contribution in [0.25, 0.3) is 56.2 Å². The molecule has 8 nitrogen and oxygen atoms in total. The van der Waals surface area contributed by atoms with E-state index in [1.807, 2.05) is 164 Å². The standard InChI is InChI=1S/C16H11N2.C11H7ClN.2C11H8N.C5H6BNO2.2Ir/c1-2-4-14(5-3-1)16-12-15(8-11-18-16)13-6-9-17-10-7-13;12-10-6-7-13-11(8-10)9-4-2-1-3-5-9;2*1-2-6-10(7-3-1)11-8-4-5-9-12-11;8-6(9)5-1-3-7-4-2-5;;/h1-4,6-12H;1-4,6-8H;2*1-6,8-9H;1-4,8-9H;;/q4*-1;;;. The van der Waals surface area contributed by atoms with Crippen LogP contribution < -0.4 is 5.46 Å². The Bertz CT molecular complexity index is 2590. The Hall–Kier alpha value is -6.65. The number of aromatic nitrogens is 6. The Morgan fingerprint density at radius 3 is 1.12 bits per heavy atom. The van der Waals surface area contributed by atoms with Crippen LogP contribution in [-0.2, 0) is 40.2 Å². The fraction of sp³-hybridized carbons (Fsp3) is 0. The molecule has 10 aromatic rings. The fourth-order valence-corrected chi connectivity index (χ4v) is 5.80. The summed E-state index contributed by atoms with van der Waals surface area (Å²) in [6, 6.07) is 70.2. The summed E-state index contributed by atoms with van der Waals surface area (Å²) in [7, 11) is -1.38. The Kier molecular flexibility index (Phi) is 23.4. The molecule has 0 aliphatic carbocycles. The van der Waals surface area contributed by atoms with Crippen molar-refractivity contribution in [3.05, 3.63) is 261 Å². The smallest absolute Gasteiger partial charge is 0.423 e. The number of benzene rings is 4. The normalized spacial score (nSPS) is 9.50. The van der Waals surface area contributed by atoms with E-state index in [0.717, 1.165) is 56.2 Å². The molecule has 2 radical (unpaired) electrons. The summed E-state index contributed by atoms with van der Waals surface area (Å²) in [6.45, 7) is 0. The van der Waals surface area contributed by atoms with Gasteiger partial charge in [0.2, 0.25) is 0 Å². The van der Waals surface area contributed by atoms with Gasteiger partial charge >= 0.3 is 7.12 Å². The van der Waals surface area contributed by atoms with Crippen molar-refractivity contribution in [1.82, 2.24) is 29.9 Å². The van der Waals surface area contributed by atoms with Gasteiger partial charge < -0.3 is 30.0 Å². The van der Waals surface area contributed by atoms with Crippen molar-refractivity contribution < 1.29 is 50.3 Å². The number of halogens is 1. The molecule has 4 aromatic carbocycles. The molecule has 0 amide bonds. The Balaban J connectivity index is 0.000000182.